The van der Waals surface area contributed by atoms with Crippen molar-refractivity contribution in [3.63, 3.8) is 0 Å². The van der Waals surface area contributed by atoms with E-state index < -0.39 is 23.0 Å². The van der Waals surface area contributed by atoms with E-state index in [-0.39, 0.29) is 35.3 Å². The summed E-state index contributed by atoms with van der Waals surface area (Å²) in [7, 11) is 0. The van der Waals surface area contributed by atoms with Crippen molar-refractivity contribution in [3.8, 4) is 22.8 Å². The lowest BCUT2D eigenvalue weighted by atomic mass is 10.00. The first-order chi connectivity index (χ1) is 11.7. The third kappa shape index (κ3) is 3.51. The van der Waals surface area contributed by atoms with E-state index >= 15 is 0 Å². The maximum absolute atomic E-state index is 12.2. The summed E-state index contributed by atoms with van der Waals surface area (Å²) in [6.07, 6.45) is 1.18. The standard InChI is InChI=1S/C18H21NO6/c1-9(2)14(8-20)19-7-12(18(24)25)16(22)5-13(19)11-4-10(3)15(21)6-17(11)23/h4-7,9,14,20-21,23H,8H2,1-3H3,(H,24,25). The number of aliphatic hydroxyl groups is 1. The molecule has 0 aliphatic rings. The van der Waals surface area contributed by atoms with E-state index in [0.717, 1.165) is 12.1 Å². The molecule has 7 nitrogen and oxygen atoms in total. The van der Waals surface area contributed by atoms with E-state index in [0.29, 0.717) is 5.56 Å². The first-order valence-corrected chi connectivity index (χ1v) is 7.80. The number of rotatable bonds is 5. The molecule has 1 heterocycles. The van der Waals surface area contributed by atoms with Crippen molar-refractivity contribution in [1.82, 2.24) is 4.57 Å². The molecule has 2 rings (SSSR count). The fourth-order valence-electron chi connectivity index (χ4n) is 2.71. The van der Waals surface area contributed by atoms with Gasteiger partial charge in [0.2, 0.25) is 0 Å². The molecule has 0 radical (unpaired) electrons. The summed E-state index contributed by atoms with van der Waals surface area (Å²) in [5.41, 5.74) is -0.104. The van der Waals surface area contributed by atoms with Crippen LogP contribution >= 0.6 is 0 Å². The van der Waals surface area contributed by atoms with Gasteiger partial charge in [0, 0.05) is 23.9 Å². The van der Waals surface area contributed by atoms with E-state index in [1.165, 1.54) is 16.8 Å². The number of aromatic carboxylic acids is 1. The molecule has 25 heavy (non-hydrogen) atoms. The van der Waals surface area contributed by atoms with E-state index in [4.69, 9.17) is 0 Å². The first-order valence-electron chi connectivity index (χ1n) is 7.80. The minimum Gasteiger partial charge on any atom is -0.508 e. The van der Waals surface area contributed by atoms with Crippen molar-refractivity contribution in [3.05, 3.63) is 45.7 Å². The molecule has 4 N–H and O–H groups in total. The highest BCUT2D eigenvalue weighted by atomic mass is 16.4. The predicted molar refractivity (Wildman–Crippen MR) is 92.1 cm³/mol. The number of phenols is 2. The molecule has 1 atom stereocenters. The smallest absolute Gasteiger partial charge is 0.341 e. The van der Waals surface area contributed by atoms with Crippen LogP contribution < -0.4 is 5.43 Å². The summed E-state index contributed by atoms with van der Waals surface area (Å²) < 4.78 is 1.49. The number of nitrogens with zero attached hydrogens (tertiary/aromatic N) is 1. The van der Waals surface area contributed by atoms with Crippen LogP contribution in [0, 0.1) is 12.8 Å². The number of phenolic OH excluding ortho intramolecular Hbond substituents is 2. The number of hydrogen-bond donors (Lipinski definition) is 4. The molecule has 0 saturated carbocycles. The molecule has 0 fully saturated rings. The van der Waals surface area contributed by atoms with Crippen LogP contribution in [-0.2, 0) is 0 Å². The second kappa shape index (κ2) is 6.98. The Morgan fingerprint density at radius 2 is 1.80 bits per heavy atom. The Hall–Kier alpha value is -2.80. The van der Waals surface area contributed by atoms with Gasteiger partial charge in [-0.25, -0.2) is 4.79 Å². The SMILES string of the molecule is Cc1cc(-c2cc(=O)c(C(=O)O)cn2C(CO)C(C)C)c(O)cc1O. The number of hydrogen-bond acceptors (Lipinski definition) is 5. The van der Waals surface area contributed by atoms with Crippen LogP contribution in [0.4, 0.5) is 0 Å². The van der Waals surface area contributed by atoms with Crippen LogP contribution in [0.5, 0.6) is 11.5 Å². The van der Waals surface area contributed by atoms with Crippen molar-refractivity contribution >= 4 is 5.97 Å². The second-order valence-electron chi connectivity index (χ2n) is 6.30. The summed E-state index contributed by atoms with van der Waals surface area (Å²) in [6.45, 7) is 5.07. The lowest BCUT2D eigenvalue weighted by molar-refractivity contribution is 0.0693. The zero-order valence-electron chi connectivity index (χ0n) is 14.2. The van der Waals surface area contributed by atoms with Gasteiger partial charge in [0.1, 0.15) is 17.1 Å². The van der Waals surface area contributed by atoms with Crippen molar-refractivity contribution in [2.75, 3.05) is 6.61 Å². The third-order valence-electron chi connectivity index (χ3n) is 4.21. The van der Waals surface area contributed by atoms with Gasteiger partial charge in [-0.1, -0.05) is 13.8 Å². The molecule has 0 aliphatic heterocycles. The summed E-state index contributed by atoms with van der Waals surface area (Å²) >= 11 is 0. The molecule has 0 saturated heterocycles. The Kier molecular flexibility index (Phi) is 5.18. The molecule has 2 aromatic rings. The van der Waals surface area contributed by atoms with Gasteiger partial charge in [-0.3, -0.25) is 4.79 Å². The number of carbonyl (C=O) groups is 1. The predicted octanol–water partition coefficient (Wildman–Crippen LogP) is 2.12. The highest BCUT2D eigenvalue weighted by Crippen LogP contribution is 2.36. The van der Waals surface area contributed by atoms with Crippen molar-refractivity contribution in [2.24, 2.45) is 5.92 Å². The fraction of sp³-hybridized carbons (Fsp3) is 0.333. The minimum atomic E-state index is -1.36. The topological polar surface area (TPSA) is 120 Å². The van der Waals surface area contributed by atoms with Gasteiger partial charge in [-0.05, 0) is 24.5 Å². The number of aromatic nitrogens is 1. The van der Waals surface area contributed by atoms with Crippen molar-refractivity contribution < 1.29 is 25.2 Å². The van der Waals surface area contributed by atoms with E-state index in [9.17, 15) is 30.0 Å². The Balaban J connectivity index is 2.85. The monoisotopic (exact) mass is 347 g/mol. The lowest BCUT2D eigenvalue weighted by Crippen LogP contribution is -2.25. The van der Waals surface area contributed by atoms with Crippen LogP contribution in [0.3, 0.4) is 0 Å². The highest BCUT2D eigenvalue weighted by Gasteiger charge is 2.22. The quantitative estimate of drug-likeness (QED) is 0.658. The number of benzene rings is 1. The molecule has 7 heteroatoms. The molecule has 1 unspecified atom stereocenters. The van der Waals surface area contributed by atoms with Crippen LogP contribution in [-0.4, -0.2) is 37.6 Å². The Bertz CT molecular complexity index is 869. The molecule has 1 aromatic heterocycles. The molecular weight excluding hydrogens is 326 g/mol. The van der Waals surface area contributed by atoms with Gasteiger partial charge in [0.25, 0.3) is 0 Å². The second-order valence-corrected chi connectivity index (χ2v) is 6.30. The molecule has 134 valence electrons. The number of carboxylic acids is 1. The molecule has 0 spiro atoms. The van der Waals surface area contributed by atoms with Crippen LogP contribution in [0.1, 0.15) is 35.8 Å². The minimum absolute atomic E-state index is 0.0618. The highest BCUT2D eigenvalue weighted by molar-refractivity contribution is 5.87. The zero-order valence-corrected chi connectivity index (χ0v) is 14.2. The molecular formula is C18H21NO6. The first kappa shape index (κ1) is 18.5. The number of pyridine rings is 1. The van der Waals surface area contributed by atoms with Gasteiger partial charge in [0.05, 0.1) is 18.3 Å². The van der Waals surface area contributed by atoms with E-state index in [1.54, 1.807) is 6.92 Å². The number of aryl methyl sites for hydroxylation is 1. The van der Waals surface area contributed by atoms with Gasteiger partial charge in [-0.15, -0.1) is 0 Å². The van der Waals surface area contributed by atoms with Gasteiger partial charge < -0.3 is 25.0 Å². The summed E-state index contributed by atoms with van der Waals surface area (Å²) in [6, 6.07) is 3.29. The van der Waals surface area contributed by atoms with Gasteiger partial charge in [0.15, 0.2) is 5.43 Å². The van der Waals surface area contributed by atoms with Gasteiger partial charge >= 0.3 is 5.97 Å². The van der Waals surface area contributed by atoms with E-state index in [1.807, 2.05) is 13.8 Å². The maximum atomic E-state index is 12.2. The largest absolute Gasteiger partial charge is 0.508 e. The number of carboxylic acid groups (broad SMARTS) is 1. The fourth-order valence-corrected chi connectivity index (χ4v) is 2.71. The summed E-state index contributed by atoms with van der Waals surface area (Å²) in [4.78, 5) is 23.5. The average molecular weight is 347 g/mol. The van der Waals surface area contributed by atoms with Crippen molar-refractivity contribution in [1.29, 1.82) is 0 Å². The Labute approximate surface area is 144 Å². The summed E-state index contributed by atoms with van der Waals surface area (Å²) in [5.74, 6) is -1.77. The number of aliphatic hydroxyl groups excluding tert-OH is 1. The van der Waals surface area contributed by atoms with E-state index in [2.05, 4.69) is 0 Å². The maximum Gasteiger partial charge on any atom is 0.341 e. The normalized spacial score (nSPS) is 12.4. The van der Waals surface area contributed by atoms with Crippen LogP contribution in [0.2, 0.25) is 0 Å². The van der Waals surface area contributed by atoms with Crippen LogP contribution in [0.15, 0.2) is 29.2 Å². The Morgan fingerprint density at radius 1 is 1.16 bits per heavy atom. The molecule has 1 aromatic carbocycles. The average Bonchev–Trinajstić information content (AvgIpc) is 2.52. The third-order valence-corrected chi connectivity index (χ3v) is 4.21. The lowest BCUT2D eigenvalue weighted by Gasteiger charge is -2.26. The molecule has 0 bridgehead atoms. The van der Waals surface area contributed by atoms with Gasteiger partial charge in [-0.2, -0.15) is 0 Å². The Morgan fingerprint density at radius 3 is 2.32 bits per heavy atom. The summed E-state index contributed by atoms with van der Waals surface area (Å²) in [5, 5.41) is 38.9. The van der Waals surface area contributed by atoms with Crippen molar-refractivity contribution in [2.45, 2.75) is 26.8 Å². The molecule has 0 amide bonds. The van der Waals surface area contributed by atoms with Crippen LogP contribution in [0.25, 0.3) is 11.3 Å². The number of aromatic hydroxyl groups is 2. The molecule has 0 aliphatic carbocycles. The zero-order chi connectivity index (χ0) is 18.9.